The first-order chi connectivity index (χ1) is 9.88. The van der Waals surface area contributed by atoms with E-state index in [1.165, 1.54) is 30.3 Å². The molecule has 0 radical (unpaired) electrons. The van der Waals surface area contributed by atoms with Crippen molar-refractivity contribution in [3.63, 3.8) is 0 Å². The summed E-state index contributed by atoms with van der Waals surface area (Å²) in [7, 11) is 0. The van der Waals surface area contributed by atoms with E-state index in [0.717, 1.165) is 6.07 Å². The molecule has 0 saturated heterocycles. The highest BCUT2D eigenvalue weighted by atomic mass is 79.9. The fraction of sp³-hybridized carbons (Fsp3) is 0. The van der Waals surface area contributed by atoms with Gasteiger partial charge in [0.1, 0.15) is 5.82 Å². The maximum absolute atomic E-state index is 13.0. The summed E-state index contributed by atoms with van der Waals surface area (Å²) < 4.78 is 13.5. The van der Waals surface area contributed by atoms with Crippen molar-refractivity contribution in [2.75, 3.05) is 5.32 Å². The van der Waals surface area contributed by atoms with Crippen LogP contribution in [0.15, 0.2) is 40.9 Å². The number of nitrogens with one attached hydrogen (secondary N) is 1. The SMILES string of the molecule is O=C(O)c1ccc(NC(=O)c2ccc(F)c(Cl)c2)c(Br)c1. The van der Waals surface area contributed by atoms with E-state index in [1.807, 2.05) is 0 Å². The minimum Gasteiger partial charge on any atom is -0.478 e. The Balaban J connectivity index is 2.23. The summed E-state index contributed by atoms with van der Waals surface area (Å²) in [5.74, 6) is -2.17. The second-order valence-corrected chi connectivity index (χ2v) is 5.34. The van der Waals surface area contributed by atoms with Gasteiger partial charge in [-0.15, -0.1) is 0 Å². The molecule has 0 saturated carbocycles. The smallest absolute Gasteiger partial charge is 0.335 e. The van der Waals surface area contributed by atoms with Crippen LogP contribution in [0.4, 0.5) is 10.1 Å². The van der Waals surface area contributed by atoms with Gasteiger partial charge in [-0.2, -0.15) is 0 Å². The van der Waals surface area contributed by atoms with Gasteiger partial charge in [0.15, 0.2) is 0 Å². The maximum Gasteiger partial charge on any atom is 0.335 e. The van der Waals surface area contributed by atoms with Crippen LogP contribution in [0.25, 0.3) is 0 Å². The van der Waals surface area contributed by atoms with Crippen molar-refractivity contribution in [1.29, 1.82) is 0 Å². The number of carboxylic acid groups (broad SMARTS) is 1. The zero-order valence-corrected chi connectivity index (χ0v) is 12.7. The highest BCUT2D eigenvalue weighted by Gasteiger charge is 2.12. The van der Waals surface area contributed by atoms with Gasteiger partial charge in [-0.1, -0.05) is 11.6 Å². The standard InChI is InChI=1S/C14H8BrClFNO3/c15-9-5-8(14(20)21)2-4-12(9)18-13(19)7-1-3-11(17)10(16)6-7/h1-6H,(H,18,19)(H,20,21). The summed E-state index contributed by atoms with van der Waals surface area (Å²) in [4.78, 5) is 22.8. The number of benzene rings is 2. The molecule has 4 nitrogen and oxygen atoms in total. The summed E-state index contributed by atoms with van der Waals surface area (Å²) in [6.45, 7) is 0. The van der Waals surface area contributed by atoms with Crippen molar-refractivity contribution >= 4 is 45.1 Å². The Morgan fingerprint density at radius 1 is 1.14 bits per heavy atom. The predicted molar refractivity (Wildman–Crippen MR) is 80.5 cm³/mol. The van der Waals surface area contributed by atoms with Crippen LogP contribution in [-0.2, 0) is 0 Å². The van der Waals surface area contributed by atoms with Crippen molar-refractivity contribution in [3.05, 3.63) is 62.8 Å². The third kappa shape index (κ3) is 3.59. The number of hydrogen-bond donors (Lipinski definition) is 2. The van der Waals surface area contributed by atoms with Crippen molar-refractivity contribution in [2.45, 2.75) is 0 Å². The number of aromatic carboxylic acids is 1. The number of carboxylic acids is 1. The third-order valence-corrected chi connectivity index (χ3v) is 3.59. The Morgan fingerprint density at radius 2 is 1.81 bits per heavy atom. The van der Waals surface area contributed by atoms with E-state index < -0.39 is 17.7 Å². The molecule has 2 N–H and O–H groups in total. The molecule has 21 heavy (non-hydrogen) atoms. The van der Waals surface area contributed by atoms with E-state index in [1.54, 1.807) is 0 Å². The first kappa shape index (κ1) is 15.5. The van der Waals surface area contributed by atoms with Gasteiger partial charge in [0.2, 0.25) is 0 Å². The molecule has 7 heteroatoms. The lowest BCUT2D eigenvalue weighted by Gasteiger charge is -2.08. The van der Waals surface area contributed by atoms with Crippen molar-refractivity contribution in [1.82, 2.24) is 0 Å². The lowest BCUT2D eigenvalue weighted by Crippen LogP contribution is -2.12. The minimum atomic E-state index is -1.07. The van der Waals surface area contributed by atoms with E-state index in [4.69, 9.17) is 16.7 Å². The lowest BCUT2D eigenvalue weighted by atomic mass is 10.2. The van der Waals surface area contributed by atoms with Crippen LogP contribution in [0.2, 0.25) is 5.02 Å². The third-order valence-electron chi connectivity index (χ3n) is 2.65. The van der Waals surface area contributed by atoms with E-state index in [2.05, 4.69) is 21.2 Å². The molecule has 0 bridgehead atoms. The van der Waals surface area contributed by atoms with Crippen LogP contribution < -0.4 is 5.32 Å². The second-order valence-electron chi connectivity index (χ2n) is 4.08. The van der Waals surface area contributed by atoms with Gasteiger partial charge in [0, 0.05) is 10.0 Å². The minimum absolute atomic E-state index is 0.0877. The zero-order chi connectivity index (χ0) is 15.6. The van der Waals surface area contributed by atoms with E-state index in [0.29, 0.717) is 10.2 Å². The number of anilines is 1. The van der Waals surface area contributed by atoms with Crippen molar-refractivity contribution in [3.8, 4) is 0 Å². The molecule has 0 heterocycles. The normalized spacial score (nSPS) is 10.2. The van der Waals surface area contributed by atoms with Gasteiger partial charge in [0.25, 0.3) is 5.91 Å². The summed E-state index contributed by atoms with van der Waals surface area (Å²) in [6, 6.07) is 7.80. The van der Waals surface area contributed by atoms with Crippen molar-refractivity contribution in [2.24, 2.45) is 0 Å². The van der Waals surface area contributed by atoms with Gasteiger partial charge < -0.3 is 10.4 Å². The Morgan fingerprint density at radius 3 is 2.38 bits per heavy atom. The fourth-order valence-corrected chi connectivity index (χ4v) is 2.24. The molecule has 2 aromatic carbocycles. The molecular weight excluding hydrogens is 365 g/mol. The molecule has 0 atom stereocenters. The number of amides is 1. The fourth-order valence-electron chi connectivity index (χ4n) is 1.58. The molecule has 0 unspecified atom stereocenters. The number of carbonyl (C=O) groups excluding carboxylic acids is 1. The topological polar surface area (TPSA) is 66.4 Å². The average molecular weight is 373 g/mol. The Kier molecular flexibility index (Phi) is 4.59. The first-order valence-corrected chi connectivity index (χ1v) is 6.85. The molecule has 0 aliphatic rings. The van der Waals surface area contributed by atoms with E-state index in [-0.39, 0.29) is 16.1 Å². The quantitative estimate of drug-likeness (QED) is 0.849. The molecule has 0 aliphatic heterocycles. The van der Waals surface area contributed by atoms with Crippen LogP contribution in [0.3, 0.4) is 0 Å². The van der Waals surface area contributed by atoms with Crippen LogP contribution in [0, 0.1) is 5.82 Å². The second kappa shape index (κ2) is 6.24. The van der Waals surface area contributed by atoms with E-state index in [9.17, 15) is 14.0 Å². The summed E-state index contributed by atoms with van der Waals surface area (Å²) >= 11 is 8.80. The van der Waals surface area contributed by atoms with Gasteiger partial charge >= 0.3 is 5.97 Å². The number of rotatable bonds is 3. The summed E-state index contributed by atoms with van der Waals surface area (Å²) in [6.07, 6.45) is 0. The molecular formula is C14H8BrClFNO3. The summed E-state index contributed by atoms with van der Waals surface area (Å²) in [5, 5.41) is 11.3. The van der Waals surface area contributed by atoms with Crippen LogP contribution >= 0.6 is 27.5 Å². The molecule has 0 spiro atoms. The number of halogens is 3. The van der Waals surface area contributed by atoms with E-state index >= 15 is 0 Å². The number of hydrogen-bond acceptors (Lipinski definition) is 2. The highest BCUT2D eigenvalue weighted by molar-refractivity contribution is 9.10. The average Bonchev–Trinajstić information content (AvgIpc) is 2.43. The van der Waals surface area contributed by atoms with Gasteiger partial charge in [-0.3, -0.25) is 4.79 Å². The maximum atomic E-state index is 13.0. The number of carbonyl (C=O) groups is 2. The highest BCUT2D eigenvalue weighted by Crippen LogP contribution is 2.25. The summed E-state index contributed by atoms with van der Waals surface area (Å²) in [5.41, 5.74) is 0.672. The lowest BCUT2D eigenvalue weighted by molar-refractivity contribution is 0.0696. The van der Waals surface area contributed by atoms with Crippen molar-refractivity contribution < 1.29 is 19.1 Å². The molecule has 0 aromatic heterocycles. The van der Waals surface area contributed by atoms with Gasteiger partial charge in [0.05, 0.1) is 16.3 Å². The molecule has 2 rings (SSSR count). The monoisotopic (exact) mass is 371 g/mol. The van der Waals surface area contributed by atoms with Gasteiger partial charge in [-0.05, 0) is 52.3 Å². The van der Waals surface area contributed by atoms with Crippen LogP contribution in [0.5, 0.6) is 0 Å². The Bertz CT molecular complexity index is 736. The molecule has 108 valence electrons. The zero-order valence-electron chi connectivity index (χ0n) is 10.4. The van der Waals surface area contributed by atoms with Crippen LogP contribution in [0.1, 0.15) is 20.7 Å². The first-order valence-electron chi connectivity index (χ1n) is 5.67. The molecule has 1 amide bonds. The molecule has 2 aromatic rings. The van der Waals surface area contributed by atoms with Gasteiger partial charge in [-0.25, -0.2) is 9.18 Å². The molecule has 0 fully saturated rings. The predicted octanol–water partition coefficient (Wildman–Crippen LogP) is 4.19. The largest absolute Gasteiger partial charge is 0.478 e. The Hall–Kier alpha value is -1.92. The molecule has 0 aliphatic carbocycles. The Labute approximate surface area is 132 Å². The van der Waals surface area contributed by atoms with Crippen LogP contribution in [-0.4, -0.2) is 17.0 Å².